The van der Waals surface area contributed by atoms with Crippen LogP contribution in [0.3, 0.4) is 0 Å². The Kier molecular flexibility index (Phi) is 3.83. The summed E-state index contributed by atoms with van der Waals surface area (Å²) in [5.41, 5.74) is 1.93. The first-order chi connectivity index (χ1) is 8.09. The van der Waals surface area contributed by atoms with Gasteiger partial charge in [0.05, 0.1) is 15.9 Å². The van der Waals surface area contributed by atoms with Gasteiger partial charge in [-0.25, -0.2) is 0 Å². The number of rotatable bonds is 2. The number of amides is 1. The number of carbonyl (C=O) groups is 1. The molecule has 1 saturated heterocycles. The van der Waals surface area contributed by atoms with Crippen molar-refractivity contribution in [2.24, 2.45) is 0 Å². The fraction of sp³-hybridized carbons (Fsp3) is 0.636. The molecule has 1 N–H and O–H groups in total. The van der Waals surface area contributed by atoms with Crippen molar-refractivity contribution in [2.45, 2.75) is 20.4 Å². The highest BCUT2D eigenvalue weighted by Gasteiger charge is 2.18. The molecular weight excluding hydrogens is 284 g/mol. The molecule has 1 amide bonds. The van der Waals surface area contributed by atoms with Crippen molar-refractivity contribution in [3.05, 3.63) is 15.9 Å². The molecule has 0 atom stereocenters. The molecule has 0 unspecified atom stereocenters. The highest BCUT2D eigenvalue weighted by molar-refractivity contribution is 9.10. The predicted molar refractivity (Wildman–Crippen MR) is 68.9 cm³/mol. The Labute approximate surface area is 109 Å². The number of aryl methyl sites for hydroxylation is 1. The van der Waals surface area contributed by atoms with Gasteiger partial charge in [0, 0.05) is 26.2 Å². The highest BCUT2D eigenvalue weighted by atomic mass is 79.9. The Balaban J connectivity index is 2.04. The van der Waals surface area contributed by atoms with E-state index in [1.165, 1.54) is 0 Å². The van der Waals surface area contributed by atoms with Crippen LogP contribution in [0.4, 0.5) is 0 Å². The number of aromatic nitrogens is 2. The smallest absolute Gasteiger partial charge is 0.244 e. The van der Waals surface area contributed by atoms with E-state index in [0.29, 0.717) is 6.54 Å². The quantitative estimate of drug-likeness (QED) is 0.874. The first-order valence-corrected chi connectivity index (χ1v) is 6.57. The highest BCUT2D eigenvalue weighted by Crippen LogP contribution is 2.19. The average molecular weight is 301 g/mol. The van der Waals surface area contributed by atoms with Gasteiger partial charge in [-0.15, -0.1) is 0 Å². The molecule has 2 rings (SSSR count). The number of halogens is 1. The van der Waals surface area contributed by atoms with E-state index in [9.17, 15) is 4.79 Å². The maximum Gasteiger partial charge on any atom is 0.244 e. The summed E-state index contributed by atoms with van der Waals surface area (Å²) in [4.78, 5) is 14.0. The third kappa shape index (κ3) is 2.69. The second-order valence-electron chi connectivity index (χ2n) is 4.27. The van der Waals surface area contributed by atoms with Crippen LogP contribution < -0.4 is 5.32 Å². The monoisotopic (exact) mass is 300 g/mol. The zero-order chi connectivity index (χ0) is 12.4. The standard InChI is InChI=1S/C11H17BrN4O/c1-8-11(12)9(2)16(14-8)7-10(17)15-5-3-13-4-6-15/h13H,3-7H2,1-2H3. The Bertz CT molecular complexity index is 423. The Morgan fingerprint density at radius 3 is 2.59 bits per heavy atom. The van der Waals surface area contributed by atoms with Crippen LogP contribution in [-0.2, 0) is 11.3 Å². The van der Waals surface area contributed by atoms with E-state index in [4.69, 9.17) is 0 Å². The second-order valence-corrected chi connectivity index (χ2v) is 5.07. The van der Waals surface area contributed by atoms with Gasteiger partial charge in [-0.2, -0.15) is 5.10 Å². The van der Waals surface area contributed by atoms with Crippen LogP contribution in [0, 0.1) is 13.8 Å². The SMILES string of the molecule is Cc1nn(CC(=O)N2CCNCC2)c(C)c1Br. The summed E-state index contributed by atoms with van der Waals surface area (Å²) in [6.45, 7) is 7.58. The molecule has 1 aromatic heterocycles. The van der Waals surface area contributed by atoms with Crippen molar-refractivity contribution in [3.63, 3.8) is 0 Å². The van der Waals surface area contributed by atoms with Gasteiger partial charge in [0.15, 0.2) is 0 Å². The molecule has 6 heteroatoms. The van der Waals surface area contributed by atoms with Crippen LogP contribution in [0.15, 0.2) is 4.47 Å². The minimum atomic E-state index is 0.143. The number of hydrogen-bond acceptors (Lipinski definition) is 3. The first kappa shape index (κ1) is 12.6. The molecule has 0 bridgehead atoms. The van der Waals surface area contributed by atoms with Gasteiger partial charge in [0.25, 0.3) is 0 Å². The van der Waals surface area contributed by atoms with Crippen LogP contribution in [0.2, 0.25) is 0 Å². The molecule has 94 valence electrons. The van der Waals surface area contributed by atoms with E-state index in [1.807, 2.05) is 18.7 Å². The minimum absolute atomic E-state index is 0.143. The second kappa shape index (κ2) is 5.18. The van der Waals surface area contributed by atoms with Gasteiger partial charge in [-0.3, -0.25) is 9.48 Å². The van der Waals surface area contributed by atoms with E-state index < -0.39 is 0 Å². The summed E-state index contributed by atoms with van der Waals surface area (Å²) in [5.74, 6) is 0.143. The van der Waals surface area contributed by atoms with Crippen molar-refractivity contribution in [3.8, 4) is 0 Å². The molecule has 1 fully saturated rings. The maximum absolute atomic E-state index is 12.1. The van der Waals surface area contributed by atoms with Crippen molar-refractivity contribution in [1.82, 2.24) is 20.0 Å². The molecule has 1 aromatic rings. The topological polar surface area (TPSA) is 50.2 Å². The summed E-state index contributed by atoms with van der Waals surface area (Å²) in [5, 5.41) is 7.59. The first-order valence-electron chi connectivity index (χ1n) is 5.77. The summed E-state index contributed by atoms with van der Waals surface area (Å²) in [6.07, 6.45) is 0. The summed E-state index contributed by atoms with van der Waals surface area (Å²) < 4.78 is 2.76. The molecule has 2 heterocycles. The van der Waals surface area contributed by atoms with Gasteiger partial charge < -0.3 is 10.2 Å². The molecule has 0 aliphatic carbocycles. The zero-order valence-corrected chi connectivity index (χ0v) is 11.7. The lowest BCUT2D eigenvalue weighted by molar-refractivity contribution is -0.132. The molecular formula is C11H17BrN4O. The lowest BCUT2D eigenvalue weighted by Crippen LogP contribution is -2.47. The lowest BCUT2D eigenvalue weighted by Gasteiger charge is -2.27. The predicted octanol–water partition coefficient (Wildman–Crippen LogP) is 0.694. The molecule has 1 aliphatic rings. The maximum atomic E-state index is 12.1. The van der Waals surface area contributed by atoms with E-state index in [1.54, 1.807) is 4.68 Å². The summed E-state index contributed by atoms with van der Waals surface area (Å²) in [6, 6.07) is 0. The number of nitrogens with one attached hydrogen (secondary N) is 1. The normalized spacial score (nSPS) is 16.3. The third-order valence-electron chi connectivity index (χ3n) is 3.05. The minimum Gasteiger partial charge on any atom is -0.339 e. The van der Waals surface area contributed by atoms with E-state index >= 15 is 0 Å². The number of carbonyl (C=O) groups excluding carboxylic acids is 1. The van der Waals surface area contributed by atoms with Gasteiger partial charge in [-0.05, 0) is 29.8 Å². The molecule has 17 heavy (non-hydrogen) atoms. The molecule has 0 radical (unpaired) electrons. The van der Waals surface area contributed by atoms with Crippen molar-refractivity contribution < 1.29 is 4.79 Å². The van der Waals surface area contributed by atoms with Gasteiger partial charge in [0.2, 0.25) is 5.91 Å². The van der Waals surface area contributed by atoms with Crippen molar-refractivity contribution >= 4 is 21.8 Å². The van der Waals surface area contributed by atoms with Gasteiger partial charge >= 0.3 is 0 Å². The average Bonchev–Trinajstić information content (AvgIpc) is 2.58. The summed E-state index contributed by atoms with van der Waals surface area (Å²) >= 11 is 3.47. The van der Waals surface area contributed by atoms with E-state index in [0.717, 1.165) is 42.0 Å². The molecule has 1 aliphatic heterocycles. The Hall–Kier alpha value is -0.880. The Morgan fingerprint density at radius 2 is 2.06 bits per heavy atom. The van der Waals surface area contributed by atoms with Crippen molar-refractivity contribution in [2.75, 3.05) is 26.2 Å². The molecule has 5 nitrogen and oxygen atoms in total. The van der Waals surface area contributed by atoms with Crippen molar-refractivity contribution in [1.29, 1.82) is 0 Å². The summed E-state index contributed by atoms with van der Waals surface area (Å²) in [7, 11) is 0. The lowest BCUT2D eigenvalue weighted by atomic mass is 10.3. The number of nitrogens with zero attached hydrogens (tertiary/aromatic N) is 3. The van der Waals surface area contributed by atoms with Gasteiger partial charge in [-0.1, -0.05) is 0 Å². The van der Waals surface area contributed by atoms with E-state index in [2.05, 4.69) is 26.3 Å². The zero-order valence-electron chi connectivity index (χ0n) is 10.2. The molecule has 0 spiro atoms. The van der Waals surface area contributed by atoms with Crippen LogP contribution in [0.25, 0.3) is 0 Å². The van der Waals surface area contributed by atoms with E-state index in [-0.39, 0.29) is 5.91 Å². The fourth-order valence-electron chi connectivity index (χ4n) is 1.97. The fourth-order valence-corrected chi connectivity index (χ4v) is 2.26. The van der Waals surface area contributed by atoms with Crippen LogP contribution in [0.5, 0.6) is 0 Å². The largest absolute Gasteiger partial charge is 0.339 e. The van der Waals surface area contributed by atoms with Gasteiger partial charge in [0.1, 0.15) is 6.54 Å². The molecule has 0 aromatic carbocycles. The Morgan fingerprint density at radius 1 is 1.41 bits per heavy atom. The number of hydrogen-bond donors (Lipinski definition) is 1. The third-order valence-corrected chi connectivity index (χ3v) is 4.20. The van der Waals surface area contributed by atoms with Crippen LogP contribution in [0.1, 0.15) is 11.4 Å². The number of piperazine rings is 1. The van der Waals surface area contributed by atoms with Crippen LogP contribution >= 0.6 is 15.9 Å². The van der Waals surface area contributed by atoms with Crippen LogP contribution in [-0.4, -0.2) is 46.8 Å². The molecule has 0 saturated carbocycles.